The van der Waals surface area contributed by atoms with Crippen molar-refractivity contribution in [2.24, 2.45) is 0 Å². The number of methoxy groups -OCH3 is 1. The molecule has 1 saturated carbocycles. The molecule has 2 rings (SSSR count). The van der Waals surface area contributed by atoms with Gasteiger partial charge in [0.25, 0.3) is 0 Å². The van der Waals surface area contributed by atoms with E-state index in [0.29, 0.717) is 24.9 Å². The van der Waals surface area contributed by atoms with E-state index in [2.05, 4.69) is 20.8 Å². The van der Waals surface area contributed by atoms with Crippen LogP contribution >= 0.6 is 11.8 Å². The Labute approximate surface area is 123 Å². The van der Waals surface area contributed by atoms with E-state index in [0.717, 1.165) is 24.5 Å². The van der Waals surface area contributed by atoms with Gasteiger partial charge in [0.05, 0.1) is 18.8 Å². The van der Waals surface area contributed by atoms with E-state index in [9.17, 15) is 5.11 Å². The molecule has 1 fully saturated rings. The lowest BCUT2D eigenvalue weighted by Gasteiger charge is -2.13. The van der Waals surface area contributed by atoms with Crippen LogP contribution in [0.2, 0.25) is 0 Å². The maximum absolute atomic E-state index is 9.90. The van der Waals surface area contributed by atoms with Gasteiger partial charge in [-0.05, 0) is 23.3 Å². The number of thioether (sulfide) groups is 1. The van der Waals surface area contributed by atoms with E-state index in [4.69, 9.17) is 4.74 Å². The highest BCUT2D eigenvalue weighted by Crippen LogP contribution is 2.31. The first-order valence-electron chi connectivity index (χ1n) is 7.09. The molecule has 0 saturated heterocycles. The molecule has 1 unspecified atom stereocenters. The molecule has 0 radical (unpaired) electrons. The predicted octanol–water partition coefficient (Wildman–Crippen LogP) is 0.477. The number of nitrogens with zero attached hydrogens (tertiary/aromatic N) is 4. The number of ether oxygens (including phenoxy) is 1. The fraction of sp³-hybridized carbons (Fsp3) is 0.917. The topological polar surface area (TPSA) is 85.1 Å². The minimum atomic E-state index is -0.411. The zero-order valence-electron chi connectivity index (χ0n) is 11.9. The summed E-state index contributed by atoms with van der Waals surface area (Å²) in [6, 6.07) is 0.435. The van der Waals surface area contributed by atoms with Crippen molar-refractivity contribution in [3.8, 4) is 0 Å². The molecule has 1 atom stereocenters. The summed E-state index contributed by atoms with van der Waals surface area (Å²) in [7, 11) is 1.66. The summed E-state index contributed by atoms with van der Waals surface area (Å²) in [5, 5.41) is 25.8. The average molecular weight is 301 g/mol. The summed E-state index contributed by atoms with van der Waals surface area (Å²) < 4.78 is 6.86. The lowest BCUT2D eigenvalue weighted by molar-refractivity contribution is 0.175. The second-order valence-electron chi connectivity index (χ2n) is 5.01. The van der Waals surface area contributed by atoms with Crippen molar-refractivity contribution in [1.29, 1.82) is 0 Å². The molecular weight excluding hydrogens is 278 g/mol. The van der Waals surface area contributed by atoms with Crippen molar-refractivity contribution in [3.05, 3.63) is 0 Å². The molecule has 1 aromatic rings. The number of rotatable bonds is 9. The van der Waals surface area contributed by atoms with Gasteiger partial charge in [-0.3, -0.25) is 0 Å². The van der Waals surface area contributed by atoms with Gasteiger partial charge in [-0.1, -0.05) is 24.6 Å². The summed E-state index contributed by atoms with van der Waals surface area (Å²) in [5.74, 6) is 0.590. The first kappa shape index (κ1) is 15.7. The number of hydrogen-bond acceptors (Lipinski definition) is 7. The largest absolute Gasteiger partial charge is 0.391 e. The molecule has 1 aliphatic carbocycles. The lowest BCUT2D eigenvalue weighted by atomic mass is 10.3. The molecule has 0 bridgehead atoms. The Morgan fingerprint density at radius 2 is 2.30 bits per heavy atom. The van der Waals surface area contributed by atoms with Crippen LogP contribution in [0.1, 0.15) is 31.7 Å². The molecule has 0 aliphatic heterocycles. The maximum atomic E-state index is 9.90. The Bertz CT molecular complexity index is 384. The summed E-state index contributed by atoms with van der Waals surface area (Å²) in [4.78, 5) is 0. The third-order valence-electron chi connectivity index (χ3n) is 3.40. The van der Waals surface area contributed by atoms with E-state index in [-0.39, 0.29) is 0 Å². The molecule has 0 amide bonds. The van der Waals surface area contributed by atoms with E-state index in [1.165, 1.54) is 24.6 Å². The van der Waals surface area contributed by atoms with Crippen LogP contribution in [-0.2, 0) is 4.74 Å². The van der Waals surface area contributed by atoms with Crippen molar-refractivity contribution < 1.29 is 9.84 Å². The fourth-order valence-electron chi connectivity index (χ4n) is 2.33. The van der Waals surface area contributed by atoms with Crippen LogP contribution < -0.4 is 5.32 Å². The van der Waals surface area contributed by atoms with Gasteiger partial charge in [-0.25, -0.2) is 4.68 Å². The maximum Gasteiger partial charge on any atom is 0.209 e. The van der Waals surface area contributed by atoms with E-state index < -0.39 is 6.10 Å². The van der Waals surface area contributed by atoms with E-state index in [1.807, 2.05) is 4.68 Å². The third-order valence-corrected chi connectivity index (χ3v) is 4.48. The fourth-order valence-corrected chi connectivity index (χ4v) is 3.20. The van der Waals surface area contributed by atoms with Crippen LogP contribution in [0.15, 0.2) is 5.16 Å². The highest BCUT2D eigenvalue weighted by atomic mass is 32.2. The van der Waals surface area contributed by atoms with Gasteiger partial charge in [0.15, 0.2) is 0 Å². The van der Waals surface area contributed by atoms with Crippen molar-refractivity contribution in [2.45, 2.75) is 43.0 Å². The zero-order chi connectivity index (χ0) is 14.2. The molecule has 1 heterocycles. The Morgan fingerprint density at radius 3 is 3.05 bits per heavy atom. The molecule has 114 valence electrons. The van der Waals surface area contributed by atoms with E-state index >= 15 is 0 Å². The van der Waals surface area contributed by atoms with Gasteiger partial charge < -0.3 is 15.2 Å². The smallest absolute Gasteiger partial charge is 0.209 e. The Hall–Kier alpha value is -0.700. The number of aliphatic hydroxyl groups is 1. The summed E-state index contributed by atoms with van der Waals surface area (Å²) >= 11 is 1.52. The van der Waals surface area contributed by atoms with Crippen LogP contribution in [0.5, 0.6) is 0 Å². The first-order valence-corrected chi connectivity index (χ1v) is 8.08. The Morgan fingerprint density at radius 1 is 1.50 bits per heavy atom. The van der Waals surface area contributed by atoms with Crippen molar-refractivity contribution in [1.82, 2.24) is 25.5 Å². The lowest BCUT2D eigenvalue weighted by Crippen LogP contribution is -2.30. The van der Waals surface area contributed by atoms with Gasteiger partial charge in [0.1, 0.15) is 0 Å². The first-order chi connectivity index (χ1) is 9.81. The van der Waals surface area contributed by atoms with Crippen molar-refractivity contribution >= 4 is 11.8 Å². The van der Waals surface area contributed by atoms with Crippen molar-refractivity contribution in [2.75, 3.05) is 32.6 Å². The summed E-state index contributed by atoms with van der Waals surface area (Å²) in [6.07, 6.45) is 4.39. The molecule has 2 N–H and O–H groups in total. The molecule has 0 aromatic carbocycles. The number of hydrogen-bond donors (Lipinski definition) is 2. The predicted molar refractivity (Wildman–Crippen MR) is 76.8 cm³/mol. The minimum Gasteiger partial charge on any atom is -0.391 e. The molecule has 8 heteroatoms. The minimum absolute atomic E-state index is 0.411. The van der Waals surface area contributed by atoms with Crippen LogP contribution in [0, 0.1) is 0 Å². The number of aromatic nitrogens is 4. The van der Waals surface area contributed by atoms with Crippen molar-refractivity contribution in [3.63, 3.8) is 0 Å². The highest BCUT2D eigenvalue weighted by molar-refractivity contribution is 7.99. The summed E-state index contributed by atoms with van der Waals surface area (Å²) in [5.41, 5.74) is 0. The van der Waals surface area contributed by atoms with Crippen LogP contribution in [0.3, 0.4) is 0 Å². The standard InChI is InChI=1S/C12H23N5O2S/c1-19-7-6-13-8-11(18)9-20-12-14-15-16-17(12)10-4-2-3-5-10/h10-11,13,18H,2-9H2,1H3. The molecular formula is C12H23N5O2S. The van der Waals surface area contributed by atoms with Gasteiger partial charge in [-0.15, -0.1) is 5.10 Å². The monoisotopic (exact) mass is 301 g/mol. The molecule has 20 heavy (non-hydrogen) atoms. The number of tetrazole rings is 1. The van der Waals surface area contributed by atoms with E-state index in [1.54, 1.807) is 7.11 Å². The zero-order valence-corrected chi connectivity index (χ0v) is 12.7. The Balaban J connectivity index is 1.72. The molecule has 1 aliphatic rings. The molecule has 1 aromatic heterocycles. The second-order valence-corrected chi connectivity index (χ2v) is 5.99. The highest BCUT2D eigenvalue weighted by Gasteiger charge is 2.21. The average Bonchev–Trinajstić information content (AvgIpc) is 3.11. The van der Waals surface area contributed by atoms with Crippen LogP contribution in [0.25, 0.3) is 0 Å². The molecule has 0 spiro atoms. The van der Waals surface area contributed by atoms with Gasteiger partial charge in [0.2, 0.25) is 5.16 Å². The van der Waals surface area contributed by atoms with Gasteiger partial charge in [0, 0.05) is 26.0 Å². The van der Waals surface area contributed by atoms with Crippen LogP contribution in [-0.4, -0.2) is 64.0 Å². The van der Waals surface area contributed by atoms with Gasteiger partial charge in [-0.2, -0.15) is 0 Å². The number of nitrogens with one attached hydrogen (secondary N) is 1. The second kappa shape index (κ2) is 8.56. The third kappa shape index (κ3) is 4.69. The normalized spacial score (nSPS) is 17.7. The number of aliphatic hydroxyl groups excluding tert-OH is 1. The summed E-state index contributed by atoms with van der Waals surface area (Å²) in [6.45, 7) is 1.96. The SMILES string of the molecule is COCCNCC(O)CSc1nnnn1C1CCCC1. The van der Waals surface area contributed by atoms with Gasteiger partial charge >= 0.3 is 0 Å². The Kier molecular flexibility index (Phi) is 6.71. The quantitative estimate of drug-likeness (QED) is 0.507. The van der Waals surface area contributed by atoms with Crippen LogP contribution in [0.4, 0.5) is 0 Å². The molecule has 7 nitrogen and oxygen atoms in total.